The van der Waals surface area contributed by atoms with E-state index in [1.807, 2.05) is 6.92 Å². The van der Waals surface area contributed by atoms with Crippen LogP contribution < -0.4 is 5.73 Å². The molecule has 0 aliphatic rings. The Morgan fingerprint density at radius 2 is 1.83 bits per heavy atom. The third-order valence-electron chi connectivity index (χ3n) is 2.52. The highest BCUT2D eigenvalue weighted by Gasteiger charge is 2.27. The molecule has 0 aromatic heterocycles. The van der Waals surface area contributed by atoms with Crippen molar-refractivity contribution in [3.8, 4) is 0 Å². The summed E-state index contributed by atoms with van der Waals surface area (Å²) in [5.41, 5.74) is 6.47. The van der Waals surface area contributed by atoms with E-state index in [4.69, 9.17) is 18.0 Å². The molecule has 0 spiro atoms. The number of nitrogens with zero attached hydrogens (tertiary/aromatic N) is 1. The largest absolute Gasteiger partial charge is 0.392 e. The van der Waals surface area contributed by atoms with Gasteiger partial charge in [-0.1, -0.05) is 29.9 Å². The quantitative estimate of drug-likeness (QED) is 0.837. The second-order valence-electron chi connectivity index (χ2n) is 4.42. The van der Waals surface area contributed by atoms with E-state index >= 15 is 0 Å². The number of hydrogen-bond donors (Lipinski definition) is 1. The number of benzene rings is 1. The Morgan fingerprint density at radius 1 is 1.33 bits per heavy atom. The molecule has 0 saturated carbocycles. The van der Waals surface area contributed by atoms with Gasteiger partial charge in [0.1, 0.15) is 0 Å². The Morgan fingerprint density at radius 3 is 2.22 bits per heavy atom. The van der Waals surface area contributed by atoms with Gasteiger partial charge in [-0.25, -0.2) is 8.42 Å². The standard InChI is InChI=1S/C12H18N2O2S2/c1-9(2)14(8-12(13)17)18(15,16)11-6-4-10(3)5-7-11/h4-7,9H,8H2,1-3H3,(H2,13,17). The smallest absolute Gasteiger partial charge is 0.243 e. The summed E-state index contributed by atoms with van der Waals surface area (Å²) in [5.74, 6) is 0. The van der Waals surface area contributed by atoms with Crippen LogP contribution in [0.25, 0.3) is 0 Å². The molecular weight excluding hydrogens is 268 g/mol. The summed E-state index contributed by atoms with van der Waals surface area (Å²) >= 11 is 4.80. The van der Waals surface area contributed by atoms with Gasteiger partial charge in [0.2, 0.25) is 10.0 Å². The summed E-state index contributed by atoms with van der Waals surface area (Å²) < 4.78 is 26.2. The van der Waals surface area contributed by atoms with Crippen molar-refractivity contribution in [2.45, 2.75) is 31.7 Å². The monoisotopic (exact) mass is 286 g/mol. The van der Waals surface area contributed by atoms with Gasteiger partial charge < -0.3 is 5.73 Å². The van der Waals surface area contributed by atoms with Crippen LogP contribution in [0.15, 0.2) is 29.2 Å². The zero-order chi connectivity index (χ0) is 13.9. The minimum atomic E-state index is -3.55. The van der Waals surface area contributed by atoms with Crippen molar-refractivity contribution in [2.24, 2.45) is 5.73 Å². The fourth-order valence-electron chi connectivity index (χ4n) is 1.54. The van der Waals surface area contributed by atoms with E-state index in [9.17, 15) is 8.42 Å². The van der Waals surface area contributed by atoms with Gasteiger partial charge in [0.25, 0.3) is 0 Å². The van der Waals surface area contributed by atoms with Gasteiger partial charge in [0, 0.05) is 6.04 Å². The normalized spacial score (nSPS) is 12.1. The van der Waals surface area contributed by atoms with Crippen molar-refractivity contribution >= 4 is 27.2 Å². The summed E-state index contributed by atoms with van der Waals surface area (Å²) in [6.45, 7) is 5.56. The van der Waals surface area contributed by atoms with Crippen molar-refractivity contribution in [3.05, 3.63) is 29.8 Å². The average molecular weight is 286 g/mol. The Labute approximate surface area is 114 Å². The molecule has 1 aromatic rings. The lowest BCUT2D eigenvalue weighted by molar-refractivity contribution is 0.391. The second-order valence-corrected chi connectivity index (χ2v) is 6.84. The highest BCUT2D eigenvalue weighted by molar-refractivity contribution is 7.89. The first kappa shape index (κ1) is 15.1. The van der Waals surface area contributed by atoms with Crippen LogP contribution in [-0.2, 0) is 10.0 Å². The molecule has 6 heteroatoms. The maximum Gasteiger partial charge on any atom is 0.243 e. The van der Waals surface area contributed by atoms with Gasteiger partial charge in [0.15, 0.2) is 0 Å². The highest BCUT2D eigenvalue weighted by Crippen LogP contribution is 2.18. The number of rotatable bonds is 5. The number of thiocarbonyl (C=S) groups is 1. The molecule has 4 nitrogen and oxygen atoms in total. The molecule has 0 fully saturated rings. The minimum absolute atomic E-state index is 0.0587. The lowest BCUT2D eigenvalue weighted by Gasteiger charge is -2.25. The molecule has 0 radical (unpaired) electrons. The van der Waals surface area contributed by atoms with E-state index in [-0.39, 0.29) is 22.5 Å². The summed E-state index contributed by atoms with van der Waals surface area (Å²) in [4.78, 5) is 0.428. The first-order valence-electron chi connectivity index (χ1n) is 5.62. The maximum atomic E-state index is 12.4. The molecule has 0 aliphatic heterocycles. The van der Waals surface area contributed by atoms with Crippen molar-refractivity contribution < 1.29 is 8.42 Å². The maximum absolute atomic E-state index is 12.4. The number of aryl methyl sites for hydroxylation is 1. The fraction of sp³-hybridized carbons (Fsp3) is 0.417. The number of nitrogens with two attached hydrogens (primary N) is 1. The van der Waals surface area contributed by atoms with E-state index in [1.165, 1.54) is 4.31 Å². The average Bonchev–Trinajstić information content (AvgIpc) is 2.25. The molecule has 0 bridgehead atoms. The van der Waals surface area contributed by atoms with Gasteiger partial charge in [0.05, 0.1) is 16.4 Å². The van der Waals surface area contributed by atoms with E-state index < -0.39 is 10.0 Å². The third-order valence-corrected chi connectivity index (χ3v) is 4.68. The lowest BCUT2D eigenvalue weighted by Crippen LogP contribution is -2.42. The Bertz CT molecular complexity index is 522. The van der Waals surface area contributed by atoms with Gasteiger partial charge in [-0.2, -0.15) is 4.31 Å². The number of sulfonamides is 1. The van der Waals surface area contributed by atoms with Crippen LogP contribution in [0.2, 0.25) is 0 Å². The SMILES string of the molecule is Cc1ccc(S(=O)(=O)N(CC(N)=S)C(C)C)cc1. The molecule has 0 unspecified atom stereocenters. The summed E-state index contributed by atoms with van der Waals surface area (Å²) in [7, 11) is -3.55. The first-order chi connectivity index (χ1) is 8.25. The zero-order valence-electron chi connectivity index (χ0n) is 10.8. The van der Waals surface area contributed by atoms with Gasteiger partial charge in [-0.15, -0.1) is 0 Å². The molecule has 0 saturated heterocycles. The zero-order valence-corrected chi connectivity index (χ0v) is 12.4. The molecular formula is C12H18N2O2S2. The Hall–Kier alpha value is -0.980. The van der Waals surface area contributed by atoms with Crippen LogP contribution in [0, 0.1) is 6.92 Å². The molecule has 1 rings (SSSR count). The summed E-state index contributed by atoms with van der Waals surface area (Å²) in [6.07, 6.45) is 0. The second kappa shape index (κ2) is 5.77. The Balaban J connectivity index is 3.16. The topological polar surface area (TPSA) is 63.4 Å². The van der Waals surface area contributed by atoms with Crippen molar-refractivity contribution in [2.75, 3.05) is 6.54 Å². The van der Waals surface area contributed by atoms with Crippen molar-refractivity contribution in [3.63, 3.8) is 0 Å². The summed E-state index contributed by atoms with van der Waals surface area (Å²) in [5, 5.41) is 0. The fourth-order valence-corrected chi connectivity index (χ4v) is 3.38. The van der Waals surface area contributed by atoms with Gasteiger partial charge in [-0.3, -0.25) is 0 Å². The van der Waals surface area contributed by atoms with Gasteiger partial charge in [-0.05, 0) is 32.9 Å². The molecule has 2 N–H and O–H groups in total. The summed E-state index contributed by atoms with van der Waals surface area (Å²) in [6, 6.07) is 6.54. The van der Waals surface area contributed by atoms with E-state index in [0.29, 0.717) is 0 Å². The van der Waals surface area contributed by atoms with Crippen molar-refractivity contribution in [1.29, 1.82) is 0 Å². The van der Waals surface area contributed by atoms with Crippen molar-refractivity contribution in [1.82, 2.24) is 4.31 Å². The number of hydrogen-bond acceptors (Lipinski definition) is 3. The predicted octanol–water partition coefficient (Wildman–Crippen LogP) is 1.68. The lowest BCUT2D eigenvalue weighted by atomic mass is 10.2. The third kappa shape index (κ3) is 3.51. The van der Waals surface area contributed by atoms with Crippen LogP contribution in [0.5, 0.6) is 0 Å². The predicted molar refractivity (Wildman–Crippen MR) is 77.0 cm³/mol. The molecule has 100 valence electrons. The van der Waals surface area contributed by atoms with Crippen LogP contribution >= 0.6 is 12.2 Å². The molecule has 0 aliphatic carbocycles. The van der Waals surface area contributed by atoms with E-state index in [1.54, 1.807) is 38.1 Å². The van der Waals surface area contributed by atoms with Crippen LogP contribution in [0.1, 0.15) is 19.4 Å². The minimum Gasteiger partial charge on any atom is -0.392 e. The molecule has 1 aromatic carbocycles. The van der Waals surface area contributed by atoms with Gasteiger partial charge >= 0.3 is 0 Å². The molecule has 0 atom stereocenters. The molecule has 0 heterocycles. The van der Waals surface area contributed by atoms with E-state index in [0.717, 1.165) is 5.56 Å². The van der Waals surface area contributed by atoms with Crippen LogP contribution in [-0.4, -0.2) is 30.3 Å². The Kier molecular flexibility index (Phi) is 4.84. The molecule has 0 amide bonds. The highest BCUT2D eigenvalue weighted by atomic mass is 32.2. The first-order valence-corrected chi connectivity index (χ1v) is 7.47. The molecule has 18 heavy (non-hydrogen) atoms. The van der Waals surface area contributed by atoms with Crippen LogP contribution in [0.4, 0.5) is 0 Å². The van der Waals surface area contributed by atoms with Crippen LogP contribution in [0.3, 0.4) is 0 Å². The van der Waals surface area contributed by atoms with E-state index in [2.05, 4.69) is 0 Å².